The summed E-state index contributed by atoms with van der Waals surface area (Å²) >= 11 is 0. The van der Waals surface area contributed by atoms with E-state index in [9.17, 15) is 0 Å². The fourth-order valence-electron chi connectivity index (χ4n) is 1.97. The zero-order chi connectivity index (χ0) is 16.9. The molecule has 118 valence electrons. The van der Waals surface area contributed by atoms with E-state index < -0.39 is 0 Å². The summed E-state index contributed by atoms with van der Waals surface area (Å²) in [5.41, 5.74) is 7.91. The highest BCUT2D eigenvalue weighted by atomic mass is 16.5. The average molecular weight is 318 g/mol. The second kappa shape index (κ2) is 6.62. The van der Waals surface area contributed by atoms with Gasteiger partial charge in [0.05, 0.1) is 23.7 Å². The molecule has 2 N–H and O–H groups in total. The molecule has 2 heterocycles. The van der Waals surface area contributed by atoms with Gasteiger partial charge in [-0.15, -0.1) is 0 Å². The molecule has 3 rings (SSSR count). The highest BCUT2D eigenvalue weighted by Crippen LogP contribution is 2.19. The zero-order valence-corrected chi connectivity index (χ0v) is 12.9. The third-order valence-electron chi connectivity index (χ3n) is 3.13. The Morgan fingerprint density at radius 3 is 2.62 bits per heavy atom. The average Bonchev–Trinajstić information content (AvgIpc) is 2.92. The van der Waals surface area contributed by atoms with Crippen molar-refractivity contribution in [3.05, 3.63) is 65.6 Å². The van der Waals surface area contributed by atoms with Crippen molar-refractivity contribution in [1.29, 1.82) is 5.26 Å². The molecule has 0 bridgehead atoms. The SMILES string of the molecule is Cc1cn(N=Cc2ccc(Oc3ccc(C#N)cn3)cc2)c(N)n1. The van der Waals surface area contributed by atoms with Gasteiger partial charge in [0.2, 0.25) is 11.8 Å². The summed E-state index contributed by atoms with van der Waals surface area (Å²) in [6.07, 6.45) is 4.90. The summed E-state index contributed by atoms with van der Waals surface area (Å²) in [4.78, 5) is 8.14. The highest BCUT2D eigenvalue weighted by molar-refractivity contribution is 5.79. The van der Waals surface area contributed by atoms with Gasteiger partial charge < -0.3 is 10.5 Å². The van der Waals surface area contributed by atoms with Gasteiger partial charge in [-0.3, -0.25) is 0 Å². The zero-order valence-electron chi connectivity index (χ0n) is 12.9. The number of anilines is 1. The van der Waals surface area contributed by atoms with Gasteiger partial charge in [0, 0.05) is 12.3 Å². The third kappa shape index (κ3) is 3.56. The van der Waals surface area contributed by atoms with E-state index in [1.165, 1.54) is 10.9 Å². The summed E-state index contributed by atoms with van der Waals surface area (Å²) in [6.45, 7) is 1.85. The standard InChI is InChI=1S/C17H14N6O/c1-12-11-23(17(19)22-12)21-10-13-2-5-15(6-3-13)24-16-7-4-14(8-18)9-20-16/h2-7,9-11H,1H3,(H2,19,22). The third-order valence-corrected chi connectivity index (χ3v) is 3.13. The number of nitrogen functional groups attached to an aromatic ring is 1. The lowest BCUT2D eigenvalue weighted by atomic mass is 10.2. The van der Waals surface area contributed by atoms with Crippen molar-refractivity contribution < 1.29 is 4.74 Å². The van der Waals surface area contributed by atoms with Crippen LogP contribution in [0.1, 0.15) is 16.8 Å². The molecular weight excluding hydrogens is 304 g/mol. The Labute approximate surface area is 138 Å². The Morgan fingerprint density at radius 1 is 1.25 bits per heavy atom. The van der Waals surface area contributed by atoms with Crippen molar-refractivity contribution >= 4 is 12.2 Å². The number of nitrogens with zero attached hydrogens (tertiary/aromatic N) is 5. The van der Waals surface area contributed by atoms with Gasteiger partial charge in [0.15, 0.2) is 0 Å². The van der Waals surface area contributed by atoms with Crippen molar-refractivity contribution in [2.75, 3.05) is 5.73 Å². The van der Waals surface area contributed by atoms with Gasteiger partial charge in [0.1, 0.15) is 11.8 Å². The Kier molecular flexibility index (Phi) is 4.21. The van der Waals surface area contributed by atoms with Crippen LogP contribution in [-0.4, -0.2) is 20.9 Å². The van der Waals surface area contributed by atoms with Gasteiger partial charge in [0.25, 0.3) is 0 Å². The molecule has 0 unspecified atom stereocenters. The van der Waals surface area contributed by atoms with Crippen molar-refractivity contribution in [3.63, 3.8) is 0 Å². The molecule has 0 aliphatic carbocycles. The minimum atomic E-state index is 0.343. The molecule has 2 aromatic heterocycles. The maximum atomic E-state index is 8.74. The molecule has 3 aromatic rings. The van der Waals surface area contributed by atoms with Crippen molar-refractivity contribution in [1.82, 2.24) is 14.6 Å². The molecule has 0 atom stereocenters. The number of nitriles is 1. The second-order valence-corrected chi connectivity index (χ2v) is 5.00. The number of aryl methyl sites for hydroxylation is 1. The number of benzene rings is 1. The van der Waals surface area contributed by atoms with Crippen LogP contribution in [0.25, 0.3) is 0 Å². The minimum absolute atomic E-state index is 0.343. The first-order chi connectivity index (χ1) is 11.6. The molecular formula is C17H14N6O. The maximum Gasteiger partial charge on any atom is 0.221 e. The Bertz CT molecular complexity index is 904. The van der Waals surface area contributed by atoms with Crippen LogP contribution in [-0.2, 0) is 0 Å². The predicted octanol–water partition coefficient (Wildman–Crippen LogP) is 2.71. The molecule has 0 radical (unpaired) electrons. The first-order valence-corrected chi connectivity index (χ1v) is 7.14. The highest BCUT2D eigenvalue weighted by Gasteiger charge is 2.00. The van der Waals surface area contributed by atoms with Gasteiger partial charge in [-0.1, -0.05) is 0 Å². The van der Waals surface area contributed by atoms with E-state index in [4.69, 9.17) is 15.7 Å². The van der Waals surface area contributed by atoms with E-state index in [1.54, 1.807) is 24.5 Å². The van der Waals surface area contributed by atoms with Gasteiger partial charge in [-0.25, -0.2) is 14.6 Å². The maximum absolute atomic E-state index is 8.74. The van der Waals surface area contributed by atoms with Crippen LogP contribution < -0.4 is 10.5 Å². The van der Waals surface area contributed by atoms with E-state index in [0.29, 0.717) is 23.1 Å². The van der Waals surface area contributed by atoms with Crippen LogP contribution >= 0.6 is 0 Å². The quantitative estimate of drug-likeness (QED) is 0.745. The number of pyridine rings is 1. The van der Waals surface area contributed by atoms with E-state index in [0.717, 1.165) is 11.3 Å². The smallest absolute Gasteiger partial charge is 0.221 e. The molecule has 0 spiro atoms. The molecule has 7 heteroatoms. The van der Waals surface area contributed by atoms with Crippen LogP contribution in [0.2, 0.25) is 0 Å². The first kappa shape index (κ1) is 15.2. The van der Waals surface area contributed by atoms with Crippen LogP contribution in [0.5, 0.6) is 11.6 Å². The van der Waals surface area contributed by atoms with Gasteiger partial charge in [-0.05, 0) is 42.8 Å². The van der Waals surface area contributed by atoms with Crippen molar-refractivity contribution in [3.8, 4) is 17.7 Å². The van der Waals surface area contributed by atoms with Crippen LogP contribution in [0, 0.1) is 18.3 Å². The second-order valence-electron chi connectivity index (χ2n) is 5.00. The van der Waals surface area contributed by atoms with Crippen LogP contribution in [0.15, 0.2) is 53.9 Å². The Morgan fingerprint density at radius 2 is 2.04 bits per heavy atom. The fourth-order valence-corrected chi connectivity index (χ4v) is 1.97. The topological polar surface area (TPSA) is 102 Å². The largest absolute Gasteiger partial charge is 0.439 e. The summed E-state index contributed by atoms with van der Waals surface area (Å²) < 4.78 is 7.13. The van der Waals surface area contributed by atoms with E-state index in [-0.39, 0.29) is 0 Å². The fraction of sp³-hybridized carbons (Fsp3) is 0.0588. The lowest BCUT2D eigenvalue weighted by Gasteiger charge is -2.04. The number of hydrogen-bond donors (Lipinski definition) is 1. The number of imidazole rings is 1. The van der Waals surface area contributed by atoms with Gasteiger partial charge in [-0.2, -0.15) is 10.4 Å². The lowest BCUT2D eigenvalue weighted by molar-refractivity contribution is 0.463. The molecule has 0 amide bonds. The predicted molar refractivity (Wildman–Crippen MR) is 89.8 cm³/mol. The molecule has 0 aliphatic rings. The molecule has 0 saturated carbocycles. The Hall–Kier alpha value is -3.66. The van der Waals surface area contributed by atoms with Crippen molar-refractivity contribution in [2.45, 2.75) is 6.92 Å². The molecule has 1 aromatic carbocycles. The van der Waals surface area contributed by atoms with Crippen molar-refractivity contribution in [2.24, 2.45) is 5.10 Å². The van der Waals surface area contributed by atoms with E-state index in [2.05, 4.69) is 15.1 Å². The monoisotopic (exact) mass is 318 g/mol. The number of rotatable bonds is 4. The molecule has 0 aliphatic heterocycles. The first-order valence-electron chi connectivity index (χ1n) is 7.14. The number of aromatic nitrogens is 3. The summed E-state index contributed by atoms with van der Waals surface area (Å²) in [6, 6.07) is 12.7. The normalized spacial score (nSPS) is 10.7. The summed E-state index contributed by atoms with van der Waals surface area (Å²) in [5, 5.41) is 13.0. The summed E-state index contributed by atoms with van der Waals surface area (Å²) in [7, 11) is 0. The molecule has 7 nitrogen and oxygen atoms in total. The summed E-state index contributed by atoms with van der Waals surface area (Å²) in [5.74, 6) is 1.41. The molecule has 0 fully saturated rings. The lowest BCUT2D eigenvalue weighted by Crippen LogP contribution is -1.97. The Balaban J connectivity index is 1.68. The number of nitrogens with two attached hydrogens (primary N) is 1. The van der Waals surface area contributed by atoms with Crippen LogP contribution in [0.3, 0.4) is 0 Å². The van der Waals surface area contributed by atoms with E-state index in [1.807, 2.05) is 37.3 Å². The molecule has 24 heavy (non-hydrogen) atoms. The van der Waals surface area contributed by atoms with E-state index >= 15 is 0 Å². The number of ether oxygens (including phenoxy) is 1. The molecule has 0 saturated heterocycles. The number of hydrogen-bond acceptors (Lipinski definition) is 6. The van der Waals surface area contributed by atoms with Crippen LogP contribution in [0.4, 0.5) is 5.95 Å². The minimum Gasteiger partial charge on any atom is -0.439 e. The van der Waals surface area contributed by atoms with Gasteiger partial charge >= 0.3 is 0 Å².